The quantitative estimate of drug-likeness (QED) is 0.496. The summed E-state index contributed by atoms with van der Waals surface area (Å²) in [5.74, 6) is -0.105. The highest BCUT2D eigenvalue weighted by atomic mass is 16.2. The zero-order valence-corrected chi connectivity index (χ0v) is 7.35. The number of amides is 1. The molecule has 2 unspecified atom stereocenters. The first kappa shape index (κ1) is 10.4. The van der Waals surface area contributed by atoms with Gasteiger partial charge in [0.25, 0.3) is 0 Å². The summed E-state index contributed by atoms with van der Waals surface area (Å²) in [6.45, 7) is 4.28. The van der Waals surface area contributed by atoms with Crippen LogP contribution in [0.1, 0.15) is 13.8 Å². The Morgan fingerprint density at radius 1 is 1.55 bits per heavy atom. The summed E-state index contributed by atoms with van der Waals surface area (Å²) in [7, 11) is 1.85. The topological polar surface area (TPSA) is 67.1 Å². The van der Waals surface area contributed by atoms with Crippen molar-refractivity contribution < 1.29 is 4.79 Å². The molecule has 66 valence electrons. The lowest BCUT2D eigenvalue weighted by Gasteiger charge is -2.12. The van der Waals surface area contributed by atoms with Gasteiger partial charge in [0.2, 0.25) is 5.91 Å². The second-order valence-electron chi connectivity index (χ2n) is 2.72. The summed E-state index contributed by atoms with van der Waals surface area (Å²) in [6.07, 6.45) is 0. The minimum atomic E-state index is -0.418. The van der Waals surface area contributed by atoms with Crippen molar-refractivity contribution in [2.24, 2.45) is 5.73 Å². The first-order valence-electron chi connectivity index (χ1n) is 3.78. The van der Waals surface area contributed by atoms with Gasteiger partial charge in [0.15, 0.2) is 0 Å². The van der Waals surface area contributed by atoms with Crippen LogP contribution in [0.25, 0.3) is 0 Å². The Labute approximate surface area is 67.5 Å². The maximum absolute atomic E-state index is 10.9. The van der Waals surface area contributed by atoms with Crippen molar-refractivity contribution in [2.75, 3.05) is 13.6 Å². The summed E-state index contributed by atoms with van der Waals surface area (Å²) in [5, 5.41) is 5.71. The van der Waals surface area contributed by atoms with Gasteiger partial charge in [-0.2, -0.15) is 0 Å². The van der Waals surface area contributed by atoms with Crippen LogP contribution < -0.4 is 16.4 Å². The molecule has 0 spiro atoms. The highest BCUT2D eigenvalue weighted by Gasteiger charge is 2.06. The highest BCUT2D eigenvalue weighted by molar-refractivity contribution is 5.80. The van der Waals surface area contributed by atoms with Crippen LogP contribution in [0.2, 0.25) is 0 Å². The number of nitrogens with one attached hydrogen (secondary N) is 2. The summed E-state index contributed by atoms with van der Waals surface area (Å²) >= 11 is 0. The van der Waals surface area contributed by atoms with E-state index in [1.54, 1.807) is 6.92 Å². The van der Waals surface area contributed by atoms with Gasteiger partial charge in [0.1, 0.15) is 0 Å². The molecule has 4 N–H and O–H groups in total. The van der Waals surface area contributed by atoms with Crippen LogP contribution in [0.5, 0.6) is 0 Å². The van der Waals surface area contributed by atoms with Gasteiger partial charge in [0, 0.05) is 12.6 Å². The standard InChI is InChI=1S/C7H17N3O/c1-5(9-3)4-10-7(11)6(2)8/h5-6,9H,4,8H2,1-3H3,(H,10,11). The van der Waals surface area contributed by atoms with Gasteiger partial charge in [-0.1, -0.05) is 0 Å². The average molecular weight is 159 g/mol. The van der Waals surface area contributed by atoms with Crippen molar-refractivity contribution >= 4 is 5.91 Å². The Hall–Kier alpha value is -0.610. The molecule has 0 bridgehead atoms. The smallest absolute Gasteiger partial charge is 0.236 e. The van der Waals surface area contributed by atoms with Gasteiger partial charge >= 0.3 is 0 Å². The molecule has 0 saturated heterocycles. The average Bonchev–Trinajstić information content (AvgIpc) is 1.99. The van der Waals surface area contributed by atoms with Gasteiger partial charge in [-0.25, -0.2) is 0 Å². The third-order valence-electron chi connectivity index (χ3n) is 1.49. The van der Waals surface area contributed by atoms with Gasteiger partial charge in [-0.05, 0) is 20.9 Å². The van der Waals surface area contributed by atoms with Crippen LogP contribution in [0.4, 0.5) is 0 Å². The van der Waals surface area contributed by atoms with Gasteiger partial charge in [-0.15, -0.1) is 0 Å². The molecule has 0 aliphatic rings. The molecule has 11 heavy (non-hydrogen) atoms. The van der Waals surface area contributed by atoms with E-state index in [0.717, 1.165) is 0 Å². The Kier molecular flexibility index (Phi) is 4.81. The summed E-state index contributed by atoms with van der Waals surface area (Å²) in [6, 6.07) is -0.128. The van der Waals surface area contributed by atoms with Crippen LogP contribution in [0.3, 0.4) is 0 Å². The number of likely N-dealkylation sites (N-methyl/N-ethyl adjacent to an activating group) is 1. The van der Waals surface area contributed by atoms with Crippen molar-refractivity contribution in [1.29, 1.82) is 0 Å². The van der Waals surface area contributed by atoms with E-state index in [1.807, 2.05) is 14.0 Å². The van der Waals surface area contributed by atoms with E-state index in [1.165, 1.54) is 0 Å². The second-order valence-corrected chi connectivity index (χ2v) is 2.72. The first-order valence-corrected chi connectivity index (χ1v) is 3.78. The summed E-state index contributed by atoms with van der Waals surface area (Å²) in [5.41, 5.74) is 5.33. The van der Waals surface area contributed by atoms with Crippen LogP contribution in [-0.2, 0) is 4.79 Å². The monoisotopic (exact) mass is 159 g/mol. The van der Waals surface area contributed by atoms with Crippen LogP contribution >= 0.6 is 0 Å². The first-order chi connectivity index (χ1) is 5.07. The maximum atomic E-state index is 10.9. The van der Waals surface area contributed by atoms with E-state index in [2.05, 4.69) is 10.6 Å². The lowest BCUT2D eigenvalue weighted by molar-refractivity contribution is -0.122. The molecule has 4 heteroatoms. The molecule has 0 saturated carbocycles. The lowest BCUT2D eigenvalue weighted by Crippen LogP contribution is -2.43. The Balaban J connectivity index is 3.46. The Morgan fingerprint density at radius 3 is 2.45 bits per heavy atom. The molecule has 0 aliphatic carbocycles. The third kappa shape index (κ3) is 4.75. The Bertz CT molecular complexity index is 125. The number of rotatable bonds is 4. The molecule has 0 aliphatic heterocycles. The van der Waals surface area contributed by atoms with E-state index in [0.29, 0.717) is 6.54 Å². The van der Waals surface area contributed by atoms with Crippen molar-refractivity contribution in [2.45, 2.75) is 25.9 Å². The van der Waals surface area contributed by atoms with Crippen molar-refractivity contribution in [3.05, 3.63) is 0 Å². The summed E-state index contributed by atoms with van der Waals surface area (Å²) in [4.78, 5) is 10.9. The predicted molar refractivity (Wildman–Crippen MR) is 45.2 cm³/mol. The van der Waals surface area contributed by atoms with E-state index >= 15 is 0 Å². The number of hydrogen-bond donors (Lipinski definition) is 3. The Morgan fingerprint density at radius 2 is 2.09 bits per heavy atom. The minimum Gasteiger partial charge on any atom is -0.353 e. The van der Waals surface area contributed by atoms with Crippen LogP contribution in [-0.4, -0.2) is 31.6 Å². The molecule has 1 amide bonds. The van der Waals surface area contributed by atoms with E-state index in [-0.39, 0.29) is 11.9 Å². The molecule has 0 heterocycles. The number of nitrogens with two attached hydrogens (primary N) is 1. The maximum Gasteiger partial charge on any atom is 0.236 e. The fraction of sp³-hybridized carbons (Fsp3) is 0.857. The zero-order valence-electron chi connectivity index (χ0n) is 7.35. The number of hydrogen-bond acceptors (Lipinski definition) is 3. The fourth-order valence-corrected chi connectivity index (χ4v) is 0.517. The fourth-order valence-electron chi connectivity index (χ4n) is 0.517. The van der Waals surface area contributed by atoms with Crippen molar-refractivity contribution in [3.8, 4) is 0 Å². The lowest BCUT2D eigenvalue weighted by atomic mass is 10.3. The van der Waals surface area contributed by atoms with Crippen molar-refractivity contribution in [1.82, 2.24) is 10.6 Å². The van der Waals surface area contributed by atoms with Crippen LogP contribution in [0, 0.1) is 0 Å². The molecule has 0 aromatic carbocycles. The van der Waals surface area contributed by atoms with Crippen LogP contribution in [0.15, 0.2) is 0 Å². The number of carbonyl (C=O) groups excluding carboxylic acids is 1. The van der Waals surface area contributed by atoms with Gasteiger partial charge in [0.05, 0.1) is 6.04 Å². The SMILES string of the molecule is CNC(C)CNC(=O)C(C)N. The molecular formula is C7H17N3O. The molecule has 0 rings (SSSR count). The van der Waals surface area contributed by atoms with E-state index < -0.39 is 6.04 Å². The number of carbonyl (C=O) groups is 1. The minimum absolute atomic E-state index is 0.105. The second kappa shape index (κ2) is 5.09. The predicted octanol–water partition coefficient (Wildman–Crippen LogP) is -0.942. The molecule has 0 fully saturated rings. The molecule has 2 atom stereocenters. The summed E-state index contributed by atoms with van der Waals surface area (Å²) < 4.78 is 0. The van der Waals surface area contributed by atoms with Gasteiger partial charge < -0.3 is 16.4 Å². The van der Waals surface area contributed by atoms with E-state index in [4.69, 9.17) is 5.73 Å². The largest absolute Gasteiger partial charge is 0.353 e. The molecular weight excluding hydrogens is 142 g/mol. The molecule has 4 nitrogen and oxygen atoms in total. The molecule has 0 aromatic rings. The third-order valence-corrected chi connectivity index (χ3v) is 1.49. The molecule has 0 aromatic heterocycles. The zero-order chi connectivity index (χ0) is 8.85. The normalized spacial score (nSPS) is 15.6. The molecule has 0 radical (unpaired) electrons. The highest BCUT2D eigenvalue weighted by Crippen LogP contribution is 1.78. The van der Waals surface area contributed by atoms with E-state index in [9.17, 15) is 4.79 Å². The van der Waals surface area contributed by atoms with Crippen molar-refractivity contribution in [3.63, 3.8) is 0 Å². The van der Waals surface area contributed by atoms with Gasteiger partial charge in [-0.3, -0.25) is 4.79 Å².